The van der Waals surface area contributed by atoms with Crippen molar-refractivity contribution in [3.8, 4) is 16.9 Å². The lowest BCUT2D eigenvalue weighted by atomic mass is 10.1. The standard InChI is InChI=1S/C26H23ClFN5O3/c1-26(2,36)15-30-25(35)21-14-22(33(32-21)17-7-4-3-5-8-17)31-24(34)18-13-16(10-11-19(18)27)23-20(28)9-6-12-29-23/h3-14,36H,15H2,1-2H3,(H,30,35)(H,31,34). The van der Waals surface area contributed by atoms with Gasteiger partial charge in [-0.25, -0.2) is 9.07 Å². The van der Waals surface area contributed by atoms with Crippen molar-refractivity contribution in [3.63, 3.8) is 0 Å². The molecule has 0 aliphatic rings. The van der Waals surface area contributed by atoms with Gasteiger partial charge in [-0.3, -0.25) is 14.6 Å². The molecule has 0 saturated heterocycles. The van der Waals surface area contributed by atoms with Crippen LogP contribution in [0.15, 0.2) is 72.9 Å². The van der Waals surface area contributed by atoms with Crippen molar-refractivity contribution in [2.24, 2.45) is 0 Å². The second-order valence-corrected chi connectivity index (χ2v) is 9.05. The fourth-order valence-corrected chi connectivity index (χ4v) is 3.57. The number of hydrogen-bond donors (Lipinski definition) is 3. The molecule has 0 radical (unpaired) electrons. The predicted octanol–water partition coefficient (Wildman–Crippen LogP) is 4.48. The highest BCUT2D eigenvalue weighted by Gasteiger charge is 2.21. The summed E-state index contributed by atoms with van der Waals surface area (Å²) >= 11 is 6.30. The number of hydrogen-bond acceptors (Lipinski definition) is 5. The monoisotopic (exact) mass is 507 g/mol. The number of anilines is 1. The van der Waals surface area contributed by atoms with Gasteiger partial charge in [0.25, 0.3) is 11.8 Å². The molecule has 2 aromatic heterocycles. The largest absolute Gasteiger partial charge is 0.389 e. The van der Waals surface area contributed by atoms with E-state index in [0.717, 1.165) is 0 Å². The minimum Gasteiger partial charge on any atom is -0.389 e. The predicted molar refractivity (Wildman–Crippen MR) is 135 cm³/mol. The highest BCUT2D eigenvalue weighted by atomic mass is 35.5. The van der Waals surface area contributed by atoms with Crippen LogP contribution in [0.2, 0.25) is 5.02 Å². The number of benzene rings is 2. The fraction of sp³-hybridized carbons (Fsp3) is 0.154. The van der Waals surface area contributed by atoms with Gasteiger partial charge in [-0.2, -0.15) is 5.10 Å². The molecule has 10 heteroatoms. The number of rotatable bonds is 7. The van der Waals surface area contributed by atoms with Crippen LogP contribution in [-0.4, -0.2) is 43.8 Å². The molecule has 4 aromatic rings. The van der Waals surface area contributed by atoms with Gasteiger partial charge >= 0.3 is 0 Å². The summed E-state index contributed by atoms with van der Waals surface area (Å²) in [6, 6.07) is 17.6. The third kappa shape index (κ3) is 5.76. The lowest BCUT2D eigenvalue weighted by molar-refractivity contribution is 0.0691. The average molecular weight is 508 g/mol. The van der Waals surface area contributed by atoms with Crippen molar-refractivity contribution in [3.05, 3.63) is 95.0 Å². The second kappa shape index (κ2) is 10.3. The summed E-state index contributed by atoms with van der Waals surface area (Å²) in [4.78, 5) is 29.9. The molecule has 8 nitrogen and oxygen atoms in total. The zero-order valence-corrected chi connectivity index (χ0v) is 20.3. The first-order valence-electron chi connectivity index (χ1n) is 11.0. The highest BCUT2D eigenvalue weighted by Crippen LogP contribution is 2.27. The molecule has 184 valence electrons. The van der Waals surface area contributed by atoms with Crippen LogP contribution in [0.5, 0.6) is 0 Å². The van der Waals surface area contributed by atoms with Gasteiger partial charge < -0.3 is 15.7 Å². The van der Waals surface area contributed by atoms with Gasteiger partial charge in [0.1, 0.15) is 17.3 Å². The Morgan fingerprint density at radius 2 is 1.81 bits per heavy atom. The van der Waals surface area contributed by atoms with Crippen LogP contribution < -0.4 is 10.6 Å². The summed E-state index contributed by atoms with van der Waals surface area (Å²) in [6.07, 6.45) is 1.45. The number of para-hydroxylation sites is 1. The minimum atomic E-state index is -1.11. The maximum atomic E-state index is 14.2. The molecule has 0 aliphatic heterocycles. The van der Waals surface area contributed by atoms with E-state index in [-0.39, 0.29) is 34.3 Å². The molecule has 0 fully saturated rings. The quantitative estimate of drug-likeness (QED) is 0.342. The zero-order chi connectivity index (χ0) is 25.9. The Hall–Kier alpha value is -4.08. The van der Waals surface area contributed by atoms with E-state index in [0.29, 0.717) is 11.3 Å². The van der Waals surface area contributed by atoms with Crippen LogP contribution >= 0.6 is 11.6 Å². The molecule has 3 N–H and O–H groups in total. The van der Waals surface area contributed by atoms with Crippen LogP contribution in [0.25, 0.3) is 16.9 Å². The summed E-state index contributed by atoms with van der Waals surface area (Å²) in [5, 5.41) is 19.8. The number of halogens is 2. The average Bonchev–Trinajstić information content (AvgIpc) is 3.27. The van der Waals surface area contributed by atoms with Crippen LogP contribution in [0.4, 0.5) is 10.2 Å². The lowest BCUT2D eigenvalue weighted by Crippen LogP contribution is -2.38. The van der Waals surface area contributed by atoms with Crippen molar-refractivity contribution in [1.82, 2.24) is 20.1 Å². The molecular formula is C26H23ClFN5O3. The van der Waals surface area contributed by atoms with Crippen molar-refractivity contribution in [1.29, 1.82) is 0 Å². The molecule has 0 spiro atoms. The SMILES string of the molecule is CC(C)(O)CNC(=O)c1cc(NC(=O)c2cc(-c3ncccc3F)ccc2Cl)n(-c2ccccc2)n1. The highest BCUT2D eigenvalue weighted by molar-refractivity contribution is 6.34. The molecule has 0 unspecified atom stereocenters. The summed E-state index contributed by atoms with van der Waals surface area (Å²) in [6.45, 7) is 3.14. The maximum Gasteiger partial charge on any atom is 0.271 e. The van der Waals surface area contributed by atoms with E-state index < -0.39 is 23.2 Å². The van der Waals surface area contributed by atoms with E-state index in [9.17, 15) is 19.1 Å². The first-order valence-corrected chi connectivity index (χ1v) is 11.4. The number of carbonyl (C=O) groups excluding carboxylic acids is 2. The van der Waals surface area contributed by atoms with Gasteiger partial charge in [0, 0.05) is 24.4 Å². The topological polar surface area (TPSA) is 109 Å². The maximum absolute atomic E-state index is 14.2. The van der Waals surface area contributed by atoms with E-state index in [2.05, 4.69) is 20.7 Å². The van der Waals surface area contributed by atoms with E-state index in [1.54, 1.807) is 44.2 Å². The second-order valence-electron chi connectivity index (χ2n) is 8.64. The molecule has 0 bridgehead atoms. The van der Waals surface area contributed by atoms with Gasteiger partial charge in [-0.1, -0.05) is 35.9 Å². The van der Waals surface area contributed by atoms with Crippen molar-refractivity contribution < 1.29 is 19.1 Å². The third-order valence-corrected chi connectivity index (χ3v) is 5.44. The number of nitrogens with zero attached hydrogens (tertiary/aromatic N) is 3. The Morgan fingerprint density at radius 1 is 1.06 bits per heavy atom. The Kier molecular flexibility index (Phi) is 7.14. The Morgan fingerprint density at radius 3 is 2.50 bits per heavy atom. The molecule has 0 atom stereocenters. The Balaban J connectivity index is 1.67. The summed E-state index contributed by atoms with van der Waals surface area (Å²) in [5.41, 5.74) is 0.0876. The Labute approximate surface area is 211 Å². The van der Waals surface area contributed by atoms with Crippen LogP contribution in [0, 0.1) is 5.82 Å². The normalized spacial score (nSPS) is 11.2. The van der Waals surface area contributed by atoms with Crippen molar-refractivity contribution >= 4 is 29.2 Å². The zero-order valence-electron chi connectivity index (χ0n) is 19.5. The number of pyridine rings is 1. The van der Waals surface area contributed by atoms with E-state index in [1.807, 2.05) is 6.07 Å². The molecule has 0 saturated carbocycles. The lowest BCUT2D eigenvalue weighted by Gasteiger charge is -2.16. The van der Waals surface area contributed by atoms with Crippen LogP contribution in [0.3, 0.4) is 0 Å². The van der Waals surface area contributed by atoms with E-state index in [4.69, 9.17) is 11.6 Å². The number of aromatic nitrogens is 3. The molecule has 0 aliphatic carbocycles. The molecule has 2 aromatic carbocycles. The fourth-order valence-electron chi connectivity index (χ4n) is 3.36. The van der Waals surface area contributed by atoms with Crippen LogP contribution in [-0.2, 0) is 0 Å². The molecule has 2 heterocycles. The first kappa shape index (κ1) is 25.0. The van der Waals surface area contributed by atoms with Gasteiger partial charge in [-0.15, -0.1) is 0 Å². The van der Waals surface area contributed by atoms with E-state index >= 15 is 0 Å². The molecular weight excluding hydrogens is 485 g/mol. The molecule has 2 amide bonds. The van der Waals surface area contributed by atoms with Crippen LogP contribution in [0.1, 0.15) is 34.7 Å². The van der Waals surface area contributed by atoms with Gasteiger partial charge in [-0.05, 0) is 50.2 Å². The van der Waals surface area contributed by atoms with Crippen molar-refractivity contribution in [2.75, 3.05) is 11.9 Å². The third-order valence-electron chi connectivity index (χ3n) is 5.11. The summed E-state index contributed by atoms with van der Waals surface area (Å²) < 4.78 is 15.7. The smallest absolute Gasteiger partial charge is 0.271 e. The first-order chi connectivity index (χ1) is 17.1. The minimum absolute atomic E-state index is 0.0121. The van der Waals surface area contributed by atoms with Crippen molar-refractivity contribution in [2.45, 2.75) is 19.4 Å². The summed E-state index contributed by atoms with van der Waals surface area (Å²) in [5.74, 6) is -1.42. The van der Waals surface area contributed by atoms with Gasteiger partial charge in [0.2, 0.25) is 0 Å². The number of amides is 2. The number of aliphatic hydroxyl groups is 1. The van der Waals surface area contributed by atoms with Gasteiger partial charge in [0.15, 0.2) is 5.69 Å². The number of nitrogens with one attached hydrogen (secondary N) is 2. The van der Waals surface area contributed by atoms with Gasteiger partial charge in [0.05, 0.1) is 21.9 Å². The Bertz CT molecular complexity index is 1420. The van der Waals surface area contributed by atoms with E-state index in [1.165, 1.54) is 41.2 Å². The number of carbonyl (C=O) groups is 2. The summed E-state index contributed by atoms with van der Waals surface area (Å²) in [7, 11) is 0. The molecule has 36 heavy (non-hydrogen) atoms. The molecule has 4 rings (SSSR count).